The lowest BCUT2D eigenvalue weighted by molar-refractivity contribution is 0.103. The van der Waals surface area contributed by atoms with Gasteiger partial charge in [0.2, 0.25) is 11.3 Å². The second kappa shape index (κ2) is 8.22. The quantitative estimate of drug-likeness (QED) is 0.377. The zero-order chi connectivity index (χ0) is 18.5. The Morgan fingerprint density at radius 3 is 2.65 bits per heavy atom. The van der Waals surface area contributed by atoms with Crippen LogP contribution >= 0.6 is 0 Å². The van der Waals surface area contributed by atoms with Crippen LogP contribution < -0.4 is 4.72 Å². The number of hydrogen-bond donors (Lipinski definition) is 2. The fourth-order valence-electron chi connectivity index (χ4n) is 2.61. The first-order chi connectivity index (χ1) is 12.5. The molecule has 0 aliphatic carbocycles. The molecule has 1 aromatic heterocycles. The van der Waals surface area contributed by atoms with Gasteiger partial charge in [-0.1, -0.05) is 6.07 Å². The molecule has 0 saturated carbocycles. The van der Waals surface area contributed by atoms with Crippen LogP contribution in [0.15, 0.2) is 48.8 Å². The van der Waals surface area contributed by atoms with E-state index in [1.807, 2.05) is 0 Å². The highest BCUT2D eigenvalue weighted by molar-refractivity contribution is 7.77. The molecule has 1 unspecified atom stereocenters. The summed E-state index contributed by atoms with van der Waals surface area (Å²) in [5, 5.41) is 0. The maximum atomic E-state index is 14.2. The van der Waals surface area contributed by atoms with E-state index in [2.05, 4.69) is 14.7 Å². The fraction of sp³-hybridized carbons (Fsp3) is 0.167. The van der Waals surface area contributed by atoms with E-state index in [0.29, 0.717) is 36.0 Å². The van der Waals surface area contributed by atoms with E-state index in [1.54, 1.807) is 30.5 Å². The minimum Gasteiger partial charge on any atom is -0.294 e. The Labute approximate surface area is 151 Å². The van der Waals surface area contributed by atoms with Gasteiger partial charge in [-0.25, -0.2) is 13.3 Å². The Balaban J connectivity index is 1.81. The summed E-state index contributed by atoms with van der Waals surface area (Å²) in [6.07, 6.45) is 4.23. The molecule has 2 N–H and O–H groups in total. The van der Waals surface area contributed by atoms with Gasteiger partial charge in [-0.05, 0) is 48.7 Å². The molecule has 1 heterocycles. The van der Waals surface area contributed by atoms with E-state index in [4.69, 9.17) is 4.55 Å². The zero-order valence-corrected chi connectivity index (χ0v) is 14.5. The maximum absolute atomic E-state index is 14.2. The molecular formula is C18H16FN3O3S. The van der Waals surface area contributed by atoms with Gasteiger partial charge < -0.3 is 0 Å². The van der Waals surface area contributed by atoms with Crippen LogP contribution in [0.5, 0.6) is 0 Å². The highest BCUT2D eigenvalue weighted by Crippen LogP contribution is 2.19. The van der Waals surface area contributed by atoms with Crippen molar-refractivity contribution in [1.29, 1.82) is 0 Å². The van der Waals surface area contributed by atoms with Crippen molar-refractivity contribution >= 4 is 28.1 Å². The van der Waals surface area contributed by atoms with Crippen LogP contribution in [-0.2, 0) is 17.7 Å². The van der Waals surface area contributed by atoms with Crippen molar-refractivity contribution in [2.24, 2.45) is 0 Å². The van der Waals surface area contributed by atoms with Gasteiger partial charge in [-0.2, -0.15) is 0 Å². The minimum absolute atomic E-state index is 0.00978. The standard InChI is InChI=1S/C18H16FN3O3S/c19-15-5-3-12(2-1-7-22-26(24)25)10-14(15)18(23)13-4-6-16-17(11-13)21-9-8-20-16/h3-6,8-11,22H,1-2,7H2,(H,24,25). The van der Waals surface area contributed by atoms with Crippen LogP contribution in [0.1, 0.15) is 27.9 Å². The number of nitrogens with zero attached hydrogens (tertiary/aromatic N) is 2. The molecule has 0 aliphatic rings. The first-order valence-electron chi connectivity index (χ1n) is 7.93. The van der Waals surface area contributed by atoms with Gasteiger partial charge in [0.1, 0.15) is 5.82 Å². The Kier molecular flexibility index (Phi) is 5.77. The molecule has 6 nitrogen and oxygen atoms in total. The lowest BCUT2D eigenvalue weighted by Crippen LogP contribution is -2.17. The number of nitrogens with one attached hydrogen (secondary N) is 1. The molecule has 3 rings (SSSR count). The Bertz CT molecular complexity index is 981. The molecule has 0 bridgehead atoms. The van der Waals surface area contributed by atoms with Crippen LogP contribution in [-0.4, -0.2) is 31.1 Å². The Hall–Kier alpha value is -2.55. The first kappa shape index (κ1) is 18.2. The Morgan fingerprint density at radius 2 is 1.88 bits per heavy atom. The molecule has 8 heteroatoms. The molecule has 3 aromatic rings. The highest BCUT2D eigenvalue weighted by Gasteiger charge is 2.15. The van der Waals surface area contributed by atoms with Crippen LogP contribution in [0, 0.1) is 5.82 Å². The fourth-order valence-corrected chi connectivity index (χ4v) is 2.93. The third-order valence-electron chi connectivity index (χ3n) is 3.87. The van der Waals surface area contributed by atoms with Crippen LogP contribution in [0.25, 0.3) is 11.0 Å². The molecule has 1 atom stereocenters. The molecule has 26 heavy (non-hydrogen) atoms. The maximum Gasteiger partial charge on any atom is 0.231 e. The lowest BCUT2D eigenvalue weighted by Gasteiger charge is -2.07. The summed E-state index contributed by atoms with van der Waals surface area (Å²) < 4.78 is 35.8. The number of benzene rings is 2. The minimum atomic E-state index is -2.05. The molecular weight excluding hydrogens is 357 g/mol. The van der Waals surface area contributed by atoms with E-state index in [1.165, 1.54) is 18.3 Å². The Morgan fingerprint density at radius 1 is 1.12 bits per heavy atom. The monoisotopic (exact) mass is 373 g/mol. The summed E-state index contributed by atoms with van der Waals surface area (Å²) in [4.78, 5) is 21.0. The largest absolute Gasteiger partial charge is 0.294 e. The number of aryl methyl sites for hydroxylation is 1. The number of carbonyl (C=O) groups excluding carboxylic acids is 1. The normalized spacial score (nSPS) is 12.2. The summed E-state index contributed by atoms with van der Waals surface area (Å²) in [5.41, 5.74) is 2.33. The van der Waals surface area contributed by atoms with Gasteiger partial charge in [-0.15, -0.1) is 0 Å². The molecule has 0 radical (unpaired) electrons. The van der Waals surface area contributed by atoms with E-state index in [0.717, 1.165) is 5.56 Å². The van der Waals surface area contributed by atoms with Crippen molar-refractivity contribution in [3.8, 4) is 0 Å². The molecule has 0 aliphatic heterocycles. The highest BCUT2D eigenvalue weighted by atomic mass is 32.2. The molecule has 0 saturated heterocycles. The average Bonchev–Trinajstić information content (AvgIpc) is 2.65. The van der Waals surface area contributed by atoms with E-state index in [9.17, 15) is 13.4 Å². The summed E-state index contributed by atoms with van der Waals surface area (Å²) in [6.45, 7) is 0.340. The van der Waals surface area contributed by atoms with Gasteiger partial charge in [-0.3, -0.25) is 19.3 Å². The van der Waals surface area contributed by atoms with Crippen molar-refractivity contribution < 1.29 is 17.9 Å². The van der Waals surface area contributed by atoms with Crippen molar-refractivity contribution in [3.05, 3.63) is 71.3 Å². The SMILES string of the molecule is O=C(c1ccc2nccnc2c1)c1cc(CCCNS(=O)O)ccc1F. The van der Waals surface area contributed by atoms with Crippen LogP contribution in [0.4, 0.5) is 4.39 Å². The number of carbonyl (C=O) groups is 1. The molecule has 0 spiro atoms. The van der Waals surface area contributed by atoms with Crippen LogP contribution in [0.3, 0.4) is 0 Å². The lowest BCUT2D eigenvalue weighted by atomic mass is 9.98. The molecule has 2 aromatic carbocycles. The van der Waals surface area contributed by atoms with E-state index in [-0.39, 0.29) is 5.56 Å². The van der Waals surface area contributed by atoms with Crippen molar-refractivity contribution in [2.75, 3.05) is 6.54 Å². The van der Waals surface area contributed by atoms with Crippen LogP contribution in [0.2, 0.25) is 0 Å². The second-order valence-electron chi connectivity index (χ2n) is 5.65. The number of rotatable bonds is 7. The number of ketones is 1. The first-order valence-corrected chi connectivity index (χ1v) is 9.03. The van der Waals surface area contributed by atoms with Gasteiger partial charge >= 0.3 is 0 Å². The predicted octanol–water partition coefficient (Wildman–Crippen LogP) is 2.66. The summed E-state index contributed by atoms with van der Waals surface area (Å²) in [7, 11) is 0. The molecule has 134 valence electrons. The second-order valence-corrected chi connectivity index (χ2v) is 6.44. The van der Waals surface area contributed by atoms with Gasteiger partial charge in [0.25, 0.3) is 0 Å². The van der Waals surface area contributed by atoms with E-state index < -0.39 is 22.9 Å². The summed E-state index contributed by atoms with van der Waals surface area (Å²) in [6, 6.07) is 9.27. The average molecular weight is 373 g/mol. The third kappa shape index (κ3) is 4.34. The van der Waals surface area contributed by atoms with Gasteiger partial charge in [0, 0.05) is 24.5 Å². The van der Waals surface area contributed by atoms with Gasteiger partial charge in [0.05, 0.1) is 16.6 Å². The summed E-state index contributed by atoms with van der Waals surface area (Å²) >= 11 is -2.05. The number of hydrogen-bond acceptors (Lipinski definition) is 4. The molecule has 0 fully saturated rings. The predicted molar refractivity (Wildman–Crippen MR) is 96.5 cm³/mol. The number of aromatic nitrogens is 2. The number of halogens is 1. The zero-order valence-electron chi connectivity index (χ0n) is 13.7. The molecule has 0 amide bonds. The van der Waals surface area contributed by atoms with Crippen molar-refractivity contribution in [3.63, 3.8) is 0 Å². The summed E-state index contributed by atoms with van der Waals surface area (Å²) in [5.74, 6) is -1.01. The van der Waals surface area contributed by atoms with Crippen molar-refractivity contribution in [1.82, 2.24) is 14.7 Å². The number of fused-ring (bicyclic) bond motifs is 1. The smallest absolute Gasteiger partial charge is 0.231 e. The topological polar surface area (TPSA) is 92.2 Å². The third-order valence-corrected chi connectivity index (χ3v) is 4.33. The van der Waals surface area contributed by atoms with E-state index >= 15 is 0 Å². The van der Waals surface area contributed by atoms with Gasteiger partial charge in [0.15, 0.2) is 5.78 Å². The van der Waals surface area contributed by atoms with Crippen molar-refractivity contribution in [2.45, 2.75) is 12.8 Å².